The molecule has 1 unspecified atom stereocenters. The fourth-order valence-electron chi connectivity index (χ4n) is 3.27. The Bertz CT molecular complexity index is 1250. The highest BCUT2D eigenvalue weighted by molar-refractivity contribution is 7.92. The Morgan fingerprint density at radius 3 is 2.28 bits per heavy atom. The first kappa shape index (κ1) is 23.5. The molecule has 0 saturated heterocycles. The summed E-state index contributed by atoms with van der Waals surface area (Å²) in [5, 5.41) is 0.708. The van der Waals surface area contributed by atoms with E-state index in [1.807, 2.05) is 13.0 Å². The average Bonchev–Trinajstić information content (AvgIpc) is 3.06. The molecule has 0 aliphatic rings. The molecule has 0 spiro atoms. The lowest BCUT2D eigenvalue weighted by molar-refractivity contribution is -0.145. The van der Waals surface area contributed by atoms with E-state index >= 15 is 0 Å². The van der Waals surface area contributed by atoms with Gasteiger partial charge in [-0.05, 0) is 52.8 Å². The summed E-state index contributed by atoms with van der Waals surface area (Å²) in [6, 6.07) is 13.4. The van der Waals surface area contributed by atoms with Gasteiger partial charge in [-0.15, -0.1) is 0 Å². The maximum atomic E-state index is 12.7. The second kappa shape index (κ2) is 8.78. The monoisotopic (exact) mass is 457 g/mol. The van der Waals surface area contributed by atoms with E-state index in [4.69, 9.17) is 9.47 Å². The van der Waals surface area contributed by atoms with E-state index in [2.05, 4.69) is 0 Å². The first-order valence-electron chi connectivity index (χ1n) is 10.2. The van der Waals surface area contributed by atoms with Crippen LogP contribution in [0.3, 0.4) is 0 Å². The van der Waals surface area contributed by atoms with Crippen LogP contribution in [0, 0.1) is 6.92 Å². The fraction of sp³-hybridized carbons (Fsp3) is 0.333. The summed E-state index contributed by atoms with van der Waals surface area (Å²) in [5.74, 6) is -1.64. The van der Waals surface area contributed by atoms with Gasteiger partial charge in [-0.3, -0.25) is 9.36 Å². The smallest absolute Gasteiger partial charge is 0.419 e. The predicted molar refractivity (Wildman–Crippen MR) is 121 cm³/mol. The Morgan fingerprint density at radius 2 is 1.66 bits per heavy atom. The average molecular weight is 458 g/mol. The number of rotatable bonds is 5. The van der Waals surface area contributed by atoms with Gasteiger partial charge in [-0.25, -0.2) is 13.2 Å². The molecule has 0 N–H and O–H groups in total. The molecular weight excluding hydrogens is 430 g/mol. The van der Waals surface area contributed by atoms with E-state index in [-0.39, 0.29) is 4.90 Å². The number of carbonyl (C=O) groups is 2. The van der Waals surface area contributed by atoms with Gasteiger partial charge in [0, 0.05) is 17.1 Å². The zero-order valence-corrected chi connectivity index (χ0v) is 19.6. The maximum Gasteiger partial charge on any atom is 0.419 e. The molecule has 2 aromatic carbocycles. The van der Waals surface area contributed by atoms with Crippen molar-refractivity contribution in [2.45, 2.75) is 51.2 Å². The zero-order valence-electron chi connectivity index (χ0n) is 18.8. The molecule has 0 aliphatic heterocycles. The van der Waals surface area contributed by atoms with Crippen LogP contribution >= 0.6 is 0 Å². The van der Waals surface area contributed by atoms with Crippen LogP contribution < -0.4 is 0 Å². The molecule has 0 amide bonds. The third kappa shape index (κ3) is 5.37. The van der Waals surface area contributed by atoms with Gasteiger partial charge >= 0.3 is 12.1 Å². The minimum atomic E-state index is -3.83. The van der Waals surface area contributed by atoms with Crippen molar-refractivity contribution in [1.29, 1.82) is 0 Å². The summed E-state index contributed by atoms with van der Waals surface area (Å²) in [5.41, 5.74) is 1.42. The van der Waals surface area contributed by atoms with Crippen LogP contribution in [-0.4, -0.2) is 36.4 Å². The fourth-order valence-corrected chi connectivity index (χ4v) is 4.37. The number of benzene rings is 2. The number of sulfone groups is 1. The Balaban J connectivity index is 1.82. The number of carbonyl (C=O) groups excluding carboxylic acids is 2. The Hall–Kier alpha value is -3.13. The standard InChI is InChI=1S/C24H27NO6S/c1-16-10-12-18(13-11-16)32(28,29)15-22(26)30-17(2)20-14-25(23(27)31-24(3,4)5)21-9-7-6-8-19(20)21/h6-14,17H,15H2,1-5H3. The molecule has 0 bridgehead atoms. The summed E-state index contributed by atoms with van der Waals surface area (Å²) < 4.78 is 37.4. The number of aryl methyl sites for hydroxylation is 1. The molecule has 7 nitrogen and oxygen atoms in total. The second-order valence-electron chi connectivity index (χ2n) is 8.66. The van der Waals surface area contributed by atoms with Crippen molar-refractivity contribution in [1.82, 2.24) is 4.57 Å². The molecule has 0 radical (unpaired) electrons. The lowest BCUT2D eigenvalue weighted by Crippen LogP contribution is -2.26. The van der Waals surface area contributed by atoms with Gasteiger partial charge in [0.25, 0.3) is 0 Å². The van der Waals surface area contributed by atoms with Crippen molar-refractivity contribution in [3.8, 4) is 0 Å². The maximum absolute atomic E-state index is 12.7. The summed E-state index contributed by atoms with van der Waals surface area (Å²) in [7, 11) is -3.83. The largest absolute Gasteiger partial charge is 0.457 e. The van der Waals surface area contributed by atoms with E-state index in [1.165, 1.54) is 16.7 Å². The molecule has 1 aromatic heterocycles. The number of esters is 1. The zero-order chi connectivity index (χ0) is 23.7. The van der Waals surface area contributed by atoms with Crippen LogP contribution in [-0.2, 0) is 24.1 Å². The first-order chi connectivity index (χ1) is 14.9. The molecule has 0 fully saturated rings. The number of aromatic nitrogens is 1. The van der Waals surface area contributed by atoms with Crippen molar-refractivity contribution >= 4 is 32.8 Å². The van der Waals surface area contributed by atoms with Crippen LogP contribution in [0.25, 0.3) is 10.9 Å². The Kier molecular flexibility index (Phi) is 6.46. The van der Waals surface area contributed by atoms with Gasteiger partial charge in [0.15, 0.2) is 15.6 Å². The molecule has 0 aliphatic carbocycles. The molecule has 32 heavy (non-hydrogen) atoms. The van der Waals surface area contributed by atoms with Gasteiger partial charge in [0.1, 0.15) is 11.7 Å². The molecular formula is C24H27NO6S. The normalized spacial score (nSPS) is 13.0. The van der Waals surface area contributed by atoms with Crippen molar-refractivity contribution < 1.29 is 27.5 Å². The minimum absolute atomic E-state index is 0.0641. The summed E-state index contributed by atoms with van der Waals surface area (Å²) in [6.07, 6.45) is 0.232. The molecule has 3 aromatic rings. The lowest BCUT2D eigenvalue weighted by Gasteiger charge is -2.19. The van der Waals surface area contributed by atoms with Crippen LogP contribution in [0.5, 0.6) is 0 Å². The van der Waals surface area contributed by atoms with Crippen molar-refractivity contribution in [2.24, 2.45) is 0 Å². The number of nitrogens with zero attached hydrogens (tertiary/aromatic N) is 1. The Morgan fingerprint density at radius 1 is 1.03 bits per heavy atom. The van der Waals surface area contributed by atoms with E-state index < -0.39 is 39.4 Å². The van der Waals surface area contributed by atoms with Crippen LogP contribution in [0.2, 0.25) is 0 Å². The highest BCUT2D eigenvalue weighted by Crippen LogP contribution is 2.29. The third-order valence-corrected chi connectivity index (χ3v) is 6.37. The number of hydrogen-bond acceptors (Lipinski definition) is 6. The molecule has 1 heterocycles. The van der Waals surface area contributed by atoms with Crippen LogP contribution in [0.4, 0.5) is 4.79 Å². The number of para-hydroxylation sites is 1. The van der Waals surface area contributed by atoms with E-state index in [0.29, 0.717) is 16.5 Å². The van der Waals surface area contributed by atoms with Crippen molar-refractivity contribution in [3.63, 3.8) is 0 Å². The second-order valence-corrected chi connectivity index (χ2v) is 10.6. The molecule has 3 rings (SSSR count). The van der Waals surface area contributed by atoms with Gasteiger partial charge in [-0.1, -0.05) is 35.9 Å². The molecule has 0 saturated carbocycles. The number of fused-ring (bicyclic) bond motifs is 1. The highest BCUT2D eigenvalue weighted by Gasteiger charge is 2.26. The van der Waals surface area contributed by atoms with Gasteiger partial charge in [0.2, 0.25) is 0 Å². The quantitative estimate of drug-likeness (QED) is 0.511. The topological polar surface area (TPSA) is 91.7 Å². The minimum Gasteiger partial charge on any atom is -0.457 e. The first-order valence-corrected chi connectivity index (χ1v) is 11.8. The van der Waals surface area contributed by atoms with Gasteiger partial charge in [-0.2, -0.15) is 0 Å². The van der Waals surface area contributed by atoms with E-state index in [1.54, 1.807) is 64.2 Å². The summed E-state index contributed by atoms with van der Waals surface area (Å²) >= 11 is 0. The van der Waals surface area contributed by atoms with Crippen LogP contribution in [0.1, 0.15) is 44.9 Å². The van der Waals surface area contributed by atoms with Gasteiger partial charge < -0.3 is 9.47 Å². The SMILES string of the molecule is Cc1ccc(S(=O)(=O)CC(=O)OC(C)c2cn(C(=O)OC(C)(C)C)c3ccccc23)cc1. The summed E-state index contributed by atoms with van der Waals surface area (Å²) in [4.78, 5) is 25.2. The van der Waals surface area contributed by atoms with Crippen molar-refractivity contribution in [3.05, 3.63) is 65.9 Å². The van der Waals surface area contributed by atoms with Crippen molar-refractivity contribution in [2.75, 3.05) is 5.75 Å². The number of hydrogen-bond donors (Lipinski definition) is 0. The van der Waals surface area contributed by atoms with E-state index in [9.17, 15) is 18.0 Å². The molecule has 1 atom stereocenters. The molecule has 8 heteroatoms. The lowest BCUT2D eigenvalue weighted by atomic mass is 10.1. The van der Waals surface area contributed by atoms with Gasteiger partial charge in [0.05, 0.1) is 10.4 Å². The number of ether oxygens (including phenoxy) is 2. The summed E-state index contributed by atoms with van der Waals surface area (Å²) in [6.45, 7) is 8.81. The third-order valence-electron chi connectivity index (χ3n) is 4.77. The molecule has 170 valence electrons. The Labute approximate surface area is 187 Å². The predicted octanol–water partition coefficient (Wildman–Crippen LogP) is 4.81. The van der Waals surface area contributed by atoms with E-state index in [0.717, 1.165) is 5.56 Å². The highest BCUT2D eigenvalue weighted by atomic mass is 32.2. The van der Waals surface area contributed by atoms with Crippen LogP contribution in [0.15, 0.2) is 59.6 Å².